The molecular weight excluding hydrogens is 176 g/mol. The number of rotatable bonds is 7. The summed E-state index contributed by atoms with van der Waals surface area (Å²) in [5.41, 5.74) is 0. The summed E-state index contributed by atoms with van der Waals surface area (Å²) in [6.07, 6.45) is 4.99. The molecule has 1 aromatic rings. The topological polar surface area (TPSA) is 53.6 Å². The second-order valence-corrected chi connectivity index (χ2v) is 3.57. The Morgan fingerprint density at radius 2 is 2.21 bits per heavy atom. The molecule has 0 aliphatic carbocycles. The molecule has 80 valence electrons. The Labute approximate surface area is 85.5 Å². The predicted molar refractivity (Wildman–Crippen MR) is 57.0 cm³/mol. The Kier molecular flexibility index (Phi) is 5.22. The van der Waals surface area contributed by atoms with Gasteiger partial charge in [-0.05, 0) is 12.5 Å². The lowest BCUT2D eigenvalue weighted by molar-refractivity contribution is 0.451. The van der Waals surface area contributed by atoms with Gasteiger partial charge in [0.05, 0.1) is 0 Å². The predicted octanol–water partition coefficient (Wildman–Crippen LogP) is 1.37. The second-order valence-electron chi connectivity index (χ2n) is 3.57. The first-order chi connectivity index (χ1) is 6.86. The summed E-state index contributed by atoms with van der Waals surface area (Å²) in [4.78, 5) is 4.07. The van der Waals surface area contributed by atoms with Crippen LogP contribution >= 0.6 is 0 Å². The van der Waals surface area contributed by atoms with Crippen molar-refractivity contribution in [1.29, 1.82) is 0 Å². The molecule has 1 aromatic heterocycles. The molecule has 0 atom stereocenters. The van der Waals surface area contributed by atoms with Crippen molar-refractivity contribution in [3.63, 3.8) is 0 Å². The van der Waals surface area contributed by atoms with Crippen LogP contribution in [0, 0.1) is 5.92 Å². The summed E-state index contributed by atoms with van der Waals surface area (Å²) in [5, 5.41) is 10.1. The van der Waals surface area contributed by atoms with Crippen LogP contribution in [0.3, 0.4) is 0 Å². The van der Waals surface area contributed by atoms with Crippen molar-refractivity contribution in [2.75, 3.05) is 13.1 Å². The minimum atomic E-state index is 0.810. The summed E-state index contributed by atoms with van der Waals surface area (Å²) in [6, 6.07) is 0. The number of H-pyrrole nitrogens is 1. The zero-order chi connectivity index (χ0) is 10.2. The highest BCUT2D eigenvalue weighted by Crippen LogP contribution is 2.04. The number of aromatic nitrogens is 3. The fourth-order valence-corrected chi connectivity index (χ4v) is 1.44. The molecule has 0 saturated heterocycles. The zero-order valence-corrected chi connectivity index (χ0v) is 9.08. The summed E-state index contributed by atoms with van der Waals surface area (Å²) >= 11 is 0. The quantitative estimate of drug-likeness (QED) is 0.648. The van der Waals surface area contributed by atoms with Gasteiger partial charge in [0.25, 0.3) is 0 Å². The monoisotopic (exact) mass is 196 g/mol. The third kappa shape index (κ3) is 3.87. The maximum absolute atomic E-state index is 4.07. The fraction of sp³-hybridized carbons (Fsp3) is 0.800. The van der Waals surface area contributed by atoms with Crippen LogP contribution in [0.25, 0.3) is 0 Å². The molecule has 2 N–H and O–H groups in total. The van der Waals surface area contributed by atoms with E-state index in [0.717, 1.165) is 31.3 Å². The number of aromatic amines is 1. The van der Waals surface area contributed by atoms with Crippen molar-refractivity contribution < 1.29 is 0 Å². The van der Waals surface area contributed by atoms with Gasteiger partial charge in [-0.1, -0.05) is 26.7 Å². The molecule has 0 fully saturated rings. The Morgan fingerprint density at radius 1 is 1.43 bits per heavy atom. The van der Waals surface area contributed by atoms with Gasteiger partial charge in [-0.25, -0.2) is 4.98 Å². The maximum Gasteiger partial charge on any atom is 0.137 e. The number of hydrogen-bond acceptors (Lipinski definition) is 3. The van der Waals surface area contributed by atoms with Gasteiger partial charge >= 0.3 is 0 Å². The molecule has 0 aliphatic rings. The lowest BCUT2D eigenvalue weighted by Gasteiger charge is -2.12. The van der Waals surface area contributed by atoms with Crippen molar-refractivity contribution in [3.05, 3.63) is 12.2 Å². The van der Waals surface area contributed by atoms with E-state index in [2.05, 4.69) is 34.3 Å². The number of hydrogen-bond donors (Lipinski definition) is 2. The Morgan fingerprint density at radius 3 is 2.79 bits per heavy atom. The average Bonchev–Trinajstić information content (AvgIpc) is 2.71. The molecule has 14 heavy (non-hydrogen) atoms. The Bertz CT molecular complexity index is 216. The normalized spacial score (nSPS) is 11.1. The SMILES string of the molecule is CCC(CC)CNCCc1ncn[nH]1. The third-order valence-electron chi connectivity index (χ3n) is 2.59. The molecule has 0 unspecified atom stereocenters. The molecule has 0 radical (unpaired) electrons. The van der Waals surface area contributed by atoms with E-state index >= 15 is 0 Å². The highest BCUT2D eigenvalue weighted by atomic mass is 15.2. The maximum atomic E-state index is 4.07. The Hall–Kier alpha value is -0.900. The molecule has 0 aliphatic heterocycles. The van der Waals surface area contributed by atoms with Gasteiger partial charge in [0.2, 0.25) is 0 Å². The van der Waals surface area contributed by atoms with Gasteiger partial charge in [-0.2, -0.15) is 5.10 Å². The van der Waals surface area contributed by atoms with Gasteiger partial charge < -0.3 is 5.32 Å². The standard InChI is InChI=1S/C10H20N4/c1-3-9(4-2)7-11-6-5-10-12-8-13-14-10/h8-9,11H,3-7H2,1-2H3,(H,12,13,14). The summed E-state index contributed by atoms with van der Waals surface area (Å²) in [7, 11) is 0. The average molecular weight is 196 g/mol. The fourth-order valence-electron chi connectivity index (χ4n) is 1.44. The van der Waals surface area contributed by atoms with Gasteiger partial charge in [0.1, 0.15) is 12.2 Å². The molecule has 0 bridgehead atoms. The lowest BCUT2D eigenvalue weighted by Crippen LogP contribution is -2.24. The second kappa shape index (κ2) is 6.54. The van der Waals surface area contributed by atoms with Crippen LogP contribution in [-0.2, 0) is 6.42 Å². The van der Waals surface area contributed by atoms with Crippen LogP contribution in [0.4, 0.5) is 0 Å². The van der Waals surface area contributed by atoms with Crippen LogP contribution < -0.4 is 5.32 Å². The molecule has 0 saturated carbocycles. The molecule has 0 amide bonds. The van der Waals surface area contributed by atoms with E-state index in [4.69, 9.17) is 0 Å². The van der Waals surface area contributed by atoms with Crippen LogP contribution in [0.2, 0.25) is 0 Å². The molecule has 0 aromatic carbocycles. The van der Waals surface area contributed by atoms with Crippen LogP contribution in [-0.4, -0.2) is 28.3 Å². The van der Waals surface area contributed by atoms with Crippen molar-refractivity contribution in [3.8, 4) is 0 Å². The van der Waals surface area contributed by atoms with Gasteiger partial charge in [-0.15, -0.1) is 0 Å². The van der Waals surface area contributed by atoms with E-state index in [1.807, 2.05) is 0 Å². The first-order valence-corrected chi connectivity index (χ1v) is 5.41. The zero-order valence-electron chi connectivity index (χ0n) is 9.08. The van der Waals surface area contributed by atoms with E-state index in [1.165, 1.54) is 12.8 Å². The highest BCUT2D eigenvalue weighted by molar-refractivity contribution is 4.80. The first kappa shape index (κ1) is 11.2. The lowest BCUT2D eigenvalue weighted by atomic mass is 10.0. The van der Waals surface area contributed by atoms with Crippen molar-refractivity contribution in [2.45, 2.75) is 33.1 Å². The number of nitrogens with zero attached hydrogens (tertiary/aromatic N) is 2. The van der Waals surface area contributed by atoms with Crippen molar-refractivity contribution in [2.24, 2.45) is 5.92 Å². The third-order valence-corrected chi connectivity index (χ3v) is 2.59. The van der Waals surface area contributed by atoms with E-state index in [1.54, 1.807) is 6.33 Å². The molecule has 1 heterocycles. The summed E-state index contributed by atoms with van der Waals surface area (Å²) in [5.74, 6) is 1.77. The summed E-state index contributed by atoms with van der Waals surface area (Å²) in [6.45, 7) is 6.57. The highest BCUT2D eigenvalue weighted by Gasteiger charge is 2.02. The minimum absolute atomic E-state index is 0.810. The largest absolute Gasteiger partial charge is 0.316 e. The Balaban J connectivity index is 2.04. The summed E-state index contributed by atoms with van der Waals surface area (Å²) < 4.78 is 0. The molecule has 4 heteroatoms. The van der Waals surface area contributed by atoms with E-state index in [0.29, 0.717) is 0 Å². The smallest absolute Gasteiger partial charge is 0.137 e. The van der Waals surface area contributed by atoms with Gasteiger partial charge in [0, 0.05) is 13.0 Å². The van der Waals surface area contributed by atoms with Crippen LogP contribution in [0.5, 0.6) is 0 Å². The van der Waals surface area contributed by atoms with Crippen LogP contribution in [0.15, 0.2) is 6.33 Å². The van der Waals surface area contributed by atoms with Gasteiger partial charge in [-0.3, -0.25) is 5.10 Å². The minimum Gasteiger partial charge on any atom is -0.316 e. The molecular formula is C10H20N4. The van der Waals surface area contributed by atoms with Crippen LogP contribution in [0.1, 0.15) is 32.5 Å². The van der Waals surface area contributed by atoms with E-state index < -0.39 is 0 Å². The van der Waals surface area contributed by atoms with Gasteiger partial charge in [0.15, 0.2) is 0 Å². The number of nitrogens with one attached hydrogen (secondary N) is 2. The van der Waals surface area contributed by atoms with E-state index in [-0.39, 0.29) is 0 Å². The van der Waals surface area contributed by atoms with Crippen molar-refractivity contribution >= 4 is 0 Å². The van der Waals surface area contributed by atoms with Crippen molar-refractivity contribution in [1.82, 2.24) is 20.5 Å². The molecule has 0 spiro atoms. The molecule has 4 nitrogen and oxygen atoms in total. The molecule has 1 rings (SSSR count). The van der Waals surface area contributed by atoms with E-state index in [9.17, 15) is 0 Å². The first-order valence-electron chi connectivity index (χ1n) is 5.41.